The van der Waals surface area contributed by atoms with Crippen molar-refractivity contribution in [2.24, 2.45) is 0 Å². The molecule has 1 saturated carbocycles. The summed E-state index contributed by atoms with van der Waals surface area (Å²) in [6, 6.07) is 21.9. The van der Waals surface area contributed by atoms with Gasteiger partial charge in [0.2, 0.25) is 0 Å². The fourth-order valence-electron chi connectivity index (χ4n) is 10.2. The Balaban J connectivity index is 0.000000491. The molecule has 0 heterocycles. The van der Waals surface area contributed by atoms with Crippen molar-refractivity contribution in [2.75, 3.05) is 20.0 Å². The first-order chi connectivity index (χ1) is 43.7. The molecule has 7 aromatic rings. The number of alkyl halides is 24. The molecule has 0 N–H and O–H groups in total. The second kappa shape index (κ2) is 32.3. The van der Waals surface area contributed by atoms with Crippen LogP contribution in [0.5, 0.6) is 0 Å². The average Bonchev–Trinajstić information content (AvgIpc) is 1.10. The number of halogens is 24. The summed E-state index contributed by atoms with van der Waals surface area (Å²) in [6.07, 6.45) is -54.8. The van der Waals surface area contributed by atoms with E-state index in [0.29, 0.717) is 7.92 Å². The van der Waals surface area contributed by atoms with Gasteiger partial charge in [0.15, 0.2) is 0 Å². The fraction of sp³-hybridized carbons (Fsp3) is 0.279. The summed E-state index contributed by atoms with van der Waals surface area (Å²) >= 11 is 0. The average molecular weight is 1520 g/mol. The van der Waals surface area contributed by atoms with Gasteiger partial charge in [0, 0.05) is 15.6 Å². The molecule has 0 unspecified atom stereocenters. The predicted molar refractivity (Wildman–Crippen MR) is 330 cm³/mol. The summed E-state index contributed by atoms with van der Waals surface area (Å²) in [5.74, 6) is 8.75. The Labute approximate surface area is 561 Å². The van der Waals surface area contributed by atoms with Crippen LogP contribution in [0.1, 0.15) is 99.9 Å². The van der Waals surface area contributed by atoms with E-state index in [-0.39, 0.29) is 19.5 Å². The van der Waals surface area contributed by atoms with Crippen LogP contribution in [0, 0.1) is 42.1 Å². The van der Waals surface area contributed by atoms with E-state index in [2.05, 4.69) is 116 Å². The zero-order chi connectivity index (χ0) is 73.5. The zero-order valence-corrected chi connectivity index (χ0v) is 56.5. The predicted octanol–water partition coefficient (Wildman–Crippen LogP) is 19.7. The monoisotopic (exact) mass is 1520 g/mol. The largest absolute Gasteiger partial charge is 3.00 e. The molecule has 29 heteroatoms. The van der Waals surface area contributed by atoms with E-state index in [0.717, 1.165) is 15.6 Å². The third-order valence-electron chi connectivity index (χ3n) is 15.0. The van der Waals surface area contributed by atoms with E-state index < -0.39 is 203 Å². The van der Waals surface area contributed by atoms with Gasteiger partial charge in [0.1, 0.15) is 6.15 Å². The van der Waals surface area contributed by atoms with Crippen LogP contribution in [0.15, 0.2) is 164 Å². The molecule has 5 radical (unpaired) electrons. The molecule has 1 aliphatic carbocycles. The zero-order valence-electron chi connectivity index (χ0n) is 53.0. The molecule has 0 aromatic heterocycles. The quantitative estimate of drug-likeness (QED) is 0.0493. The minimum absolute atomic E-state index is 0. The Hall–Kier alpha value is -6.31. The molecular weight excluding hydrogens is 1460 g/mol. The first kappa shape index (κ1) is 84.9. The molecule has 0 spiro atoms. The van der Waals surface area contributed by atoms with Gasteiger partial charge >= 0.3 is 77.1 Å². The number of rotatable bonds is 7. The Bertz CT molecular complexity index is 3110. The molecular formula is C68H60BF24NPRhSi+. The third kappa shape index (κ3) is 21.6. The van der Waals surface area contributed by atoms with Gasteiger partial charge in [-0.15, -0.1) is 7.92 Å². The topological polar surface area (TPSA) is 4.36 Å². The summed E-state index contributed by atoms with van der Waals surface area (Å²) in [5, 5.41) is 3.41. The van der Waals surface area contributed by atoms with Crippen LogP contribution in [0.4, 0.5) is 105 Å². The SMILES string of the molecule is CP(C)C.C[C-](C)C.C[C]1[C](C)[C](C)[C](C)[C]1C.FC(F)(F)c1cc([B-](c2cc(C(F)(F)F)cc(C(F)(F)F)c2)(c2cc(C(F)(F)F)cc(C(F)(F)F)c2)c2cc(C(F)(F)F)cc(C(F)(F)F)c2)cc(C(F)(F)F)c1.[C-]#[N+][Si](c1ccccc1)(c1ccccc1)c1ccccc1.[Rh+3]. The van der Waals surface area contributed by atoms with Crippen LogP contribution in [0.3, 0.4) is 0 Å². The Morgan fingerprint density at radius 1 is 0.309 bits per heavy atom. The molecule has 1 fully saturated rings. The summed E-state index contributed by atoms with van der Waals surface area (Å²) in [4.78, 5) is 0. The first-order valence-electron chi connectivity index (χ1n) is 28.1. The van der Waals surface area contributed by atoms with Gasteiger partial charge in [-0.3, -0.25) is 6.57 Å². The summed E-state index contributed by atoms with van der Waals surface area (Å²) in [7, 11) is -2.23. The van der Waals surface area contributed by atoms with E-state index in [1.165, 1.54) is 35.5 Å². The van der Waals surface area contributed by atoms with Crippen LogP contribution in [0.25, 0.3) is 4.51 Å². The van der Waals surface area contributed by atoms with E-state index in [4.69, 9.17) is 6.57 Å². The van der Waals surface area contributed by atoms with E-state index in [9.17, 15) is 105 Å². The first-order valence-corrected chi connectivity index (χ1v) is 32.8. The Kier molecular flexibility index (Phi) is 28.3. The van der Waals surface area contributed by atoms with Crippen molar-refractivity contribution in [2.45, 2.75) is 105 Å². The molecule has 97 heavy (non-hydrogen) atoms. The van der Waals surface area contributed by atoms with Crippen molar-refractivity contribution < 1.29 is 125 Å². The minimum Gasteiger partial charge on any atom is -0.398 e. The number of hydrogen-bond acceptors (Lipinski definition) is 0. The maximum Gasteiger partial charge on any atom is 3.00 e. The summed E-state index contributed by atoms with van der Waals surface area (Å²) < 4.78 is 345. The minimum atomic E-state index is -6.13. The van der Waals surface area contributed by atoms with Crippen LogP contribution < -0.4 is 37.4 Å². The summed E-state index contributed by atoms with van der Waals surface area (Å²) in [6.45, 7) is 31.9. The molecule has 0 bridgehead atoms. The third-order valence-corrected chi connectivity index (χ3v) is 18.8. The molecule has 8 rings (SSSR count). The van der Waals surface area contributed by atoms with Gasteiger partial charge in [-0.05, 0) is 73.8 Å². The second-order valence-electron chi connectivity index (χ2n) is 23.1. The van der Waals surface area contributed by atoms with Crippen LogP contribution in [0.2, 0.25) is 0 Å². The molecule has 7 aromatic carbocycles. The van der Waals surface area contributed by atoms with Crippen molar-refractivity contribution in [3.05, 3.63) is 255 Å². The molecule has 1 nitrogen and oxygen atoms in total. The van der Waals surface area contributed by atoms with Crippen molar-refractivity contribution in [3.8, 4) is 0 Å². The van der Waals surface area contributed by atoms with Gasteiger partial charge in [0.05, 0.1) is 44.5 Å². The van der Waals surface area contributed by atoms with Crippen molar-refractivity contribution in [1.29, 1.82) is 0 Å². The maximum absolute atomic E-state index is 14.2. The van der Waals surface area contributed by atoms with Crippen molar-refractivity contribution >= 4 is 59.7 Å². The maximum atomic E-state index is 14.2. The number of benzene rings is 7. The van der Waals surface area contributed by atoms with Crippen LogP contribution in [-0.2, 0) is 68.9 Å². The van der Waals surface area contributed by atoms with Gasteiger partial charge < -0.3 is 10.4 Å². The van der Waals surface area contributed by atoms with Crippen LogP contribution in [-0.4, -0.2) is 34.4 Å². The standard InChI is InChI=1S/C32H12BF24.C19H15NSi.C10H15.C4H9.C3H9P.Rh/c34-25(35,36)13-1-14(26(37,38)39)6-21(5-13)33(22-7-15(27(40,41)42)2-16(8-22)28(43,44)45,23-9-17(29(46,47)48)3-18(10-23)30(49,50)51)24-11-19(31(52,53)54)4-20(12-24)32(55,56)57;1-20-21(17-11-5-2-6-12-17,18-13-7-3-8-14-18)19-15-9-4-10-16-19;1-6-7(2)9(4)10(5)8(6)3;2*1-4(2)3;/h1-12H;2-16H;1-5H3;2*1-3H3;/q-1;;;-1;;+3. The molecule has 0 saturated heterocycles. The molecule has 0 aliphatic heterocycles. The van der Waals surface area contributed by atoms with Gasteiger partial charge in [-0.25, -0.2) is 0 Å². The molecule has 0 atom stereocenters. The fourth-order valence-corrected chi connectivity index (χ4v) is 13.6. The molecule has 1 aliphatic rings. The van der Waals surface area contributed by atoms with Crippen molar-refractivity contribution in [1.82, 2.24) is 0 Å². The van der Waals surface area contributed by atoms with Gasteiger partial charge in [-0.1, -0.05) is 174 Å². The molecule has 525 valence electrons. The Morgan fingerprint density at radius 2 is 0.443 bits per heavy atom. The number of hydrogen-bond donors (Lipinski definition) is 0. The van der Waals surface area contributed by atoms with E-state index >= 15 is 0 Å². The van der Waals surface area contributed by atoms with Gasteiger partial charge in [0.25, 0.3) is 0 Å². The number of nitrogens with zero attached hydrogens (tertiary/aromatic N) is 1. The Morgan fingerprint density at radius 3 is 0.557 bits per heavy atom. The van der Waals surface area contributed by atoms with E-state index in [1.807, 2.05) is 54.6 Å². The van der Waals surface area contributed by atoms with E-state index in [1.54, 1.807) is 0 Å². The summed E-state index contributed by atoms with van der Waals surface area (Å²) in [5.41, 5.74) is -30.2. The van der Waals surface area contributed by atoms with Gasteiger partial charge in [-0.2, -0.15) is 148 Å². The smallest absolute Gasteiger partial charge is 0.398 e. The van der Waals surface area contributed by atoms with Crippen molar-refractivity contribution in [3.63, 3.8) is 0 Å². The normalized spacial score (nSPS) is 14.4. The molecule has 0 amide bonds. The van der Waals surface area contributed by atoms with Crippen LogP contribution >= 0.6 is 7.92 Å². The second-order valence-corrected chi connectivity index (χ2v) is 29.2.